The number of rotatable bonds is 6. The predicted octanol–water partition coefficient (Wildman–Crippen LogP) is 2.66. The molecule has 25 heavy (non-hydrogen) atoms. The molecule has 0 fully saturated rings. The van der Waals surface area contributed by atoms with E-state index in [1.165, 1.54) is 0 Å². The Morgan fingerprint density at radius 1 is 1.12 bits per heavy atom. The van der Waals surface area contributed by atoms with E-state index in [0.717, 1.165) is 22.6 Å². The second-order valence-electron chi connectivity index (χ2n) is 5.32. The fourth-order valence-corrected chi connectivity index (χ4v) is 1.98. The van der Waals surface area contributed by atoms with Crippen molar-refractivity contribution in [3.8, 4) is 5.75 Å². The second kappa shape index (κ2) is 10.5. The van der Waals surface area contributed by atoms with Crippen LogP contribution in [0, 0.1) is 6.92 Å². The number of methoxy groups -OCH3 is 1. The van der Waals surface area contributed by atoms with Crippen LogP contribution in [0.5, 0.6) is 5.75 Å². The summed E-state index contributed by atoms with van der Waals surface area (Å²) in [5.41, 5.74) is 8.76. The fraction of sp³-hybridized carbons (Fsp3) is 0.222. The fourth-order valence-electron chi connectivity index (χ4n) is 1.98. The minimum absolute atomic E-state index is 0. The molecule has 0 unspecified atom stereocenters. The van der Waals surface area contributed by atoms with E-state index < -0.39 is 0 Å². The number of halogens is 1. The second-order valence-corrected chi connectivity index (χ2v) is 5.32. The molecule has 0 heterocycles. The van der Waals surface area contributed by atoms with Crippen molar-refractivity contribution in [1.29, 1.82) is 0 Å². The molecule has 4 N–H and O–H groups in total. The molecule has 0 bridgehead atoms. The molecule has 2 aromatic rings. The van der Waals surface area contributed by atoms with E-state index in [1.54, 1.807) is 7.11 Å². The summed E-state index contributed by atoms with van der Waals surface area (Å²) >= 11 is 0. The minimum atomic E-state index is -0.195. The number of nitrogens with zero attached hydrogens (tertiary/aromatic N) is 1. The summed E-state index contributed by atoms with van der Waals surface area (Å²) in [7, 11) is 1.61. The van der Waals surface area contributed by atoms with Crippen LogP contribution in [0.2, 0.25) is 0 Å². The van der Waals surface area contributed by atoms with Gasteiger partial charge in [0, 0.05) is 12.2 Å². The van der Waals surface area contributed by atoms with Crippen LogP contribution >= 0.6 is 24.0 Å². The maximum Gasteiger partial charge on any atom is 0.242 e. The highest BCUT2D eigenvalue weighted by atomic mass is 127. The van der Waals surface area contributed by atoms with E-state index in [-0.39, 0.29) is 42.4 Å². The van der Waals surface area contributed by atoms with Gasteiger partial charge in [0.15, 0.2) is 5.96 Å². The van der Waals surface area contributed by atoms with Crippen molar-refractivity contribution in [2.75, 3.05) is 19.0 Å². The number of hydrogen-bond donors (Lipinski definition) is 3. The lowest BCUT2D eigenvalue weighted by atomic mass is 10.2. The van der Waals surface area contributed by atoms with Crippen molar-refractivity contribution < 1.29 is 9.53 Å². The Morgan fingerprint density at radius 3 is 2.36 bits per heavy atom. The molecule has 0 aliphatic rings. The number of ether oxygens (including phenoxy) is 1. The van der Waals surface area contributed by atoms with Crippen molar-refractivity contribution in [2.45, 2.75) is 13.5 Å². The lowest BCUT2D eigenvalue weighted by Gasteiger charge is -2.07. The Kier molecular flexibility index (Phi) is 8.76. The van der Waals surface area contributed by atoms with Crippen molar-refractivity contribution in [2.24, 2.45) is 10.7 Å². The smallest absolute Gasteiger partial charge is 0.242 e. The third-order valence-electron chi connectivity index (χ3n) is 3.37. The summed E-state index contributed by atoms with van der Waals surface area (Å²) in [6.07, 6.45) is 0. The molecule has 0 atom stereocenters. The van der Waals surface area contributed by atoms with E-state index in [4.69, 9.17) is 10.5 Å². The molecular formula is C18H23IN4O2. The molecule has 0 radical (unpaired) electrons. The molecule has 0 aliphatic heterocycles. The number of aryl methyl sites for hydroxylation is 1. The Labute approximate surface area is 164 Å². The van der Waals surface area contributed by atoms with Crippen molar-refractivity contribution in [3.63, 3.8) is 0 Å². The number of benzene rings is 2. The average molecular weight is 454 g/mol. The quantitative estimate of drug-likeness (QED) is 0.356. The topological polar surface area (TPSA) is 88.7 Å². The Balaban J connectivity index is 0.00000312. The van der Waals surface area contributed by atoms with Gasteiger partial charge in [0.25, 0.3) is 0 Å². The predicted molar refractivity (Wildman–Crippen MR) is 112 cm³/mol. The summed E-state index contributed by atoms with van der Waals surface area (Å²) in [5, 5.41) is 5.74. The number of aliphatic imine (C=N–C) groups is 1. The van der Waals surface area contributed by atoms with Gasteiger partial charge in [-0.3, -0.25) is 4.79 Å². The molecular weight excluding hydrogens is 431 g/mol. The number of amides is 1. The lowest BCUT2D eigenvalue weighted by molar-refractivity contribution is -0.119. The van der Waals surface area contributed by atoms with Crippen molar-refractivity contribution >= 4 is 41.5 Å². The van der Waals surface area contributed by atoms with Gasteiger partial charge in [0.05, 0.1) is 7.11 Å². The SMILES string of the molecule is COc1ccc(CNC(=O)CN=C(N)Nc2ccc(C)cc2)cc1.I. The third kappa shape index (κ3) is 7.42. The van der Waals surface area contributed by atoms with Crippen LogP contribution in [0.3, 0.4) is 0 Å². The van der Waals surface area contributed by atoms with Gasteiger partial charge in [-0.2, -0.15) is 0 Å². The molecule has 2 rings (SSSR count). The largest absolute Gasteiger partial charge is 0.497 e. The van der Waals surface area contributed by atoms with Crippen LogP contribution in [0.4, 0.5) is 5.69 Å². The maximum absolute atomic E-state index is 11.8. The summed E-state index contributed by atoms with van der Waals surface area (Å²) < 4.78 is 5.09. The van der Waals surface area contributed by atoms with Gasteiger partial charge in [-0.15, -0.1) is 24.0 Å². The molecule has 0 aromatic heterocycles. The number of guanidine groups is 1. The average Bonchev–Trinajstić information content (AvgIpc) is 2.60. The van der Waals surface area contributed by atoms with Crippen LogP contribution in [-0.2, 0) is 11.3 Å². The monoisotopic (exact) mass is 454 g/mol. The van der Waals surface area contributed by atoms with Crippen LogP contribution < -0.4 is 21.1 Å². The molecule has 2 aromatic carbocycles. The number of hydrogen-bond acceptors (Lipinski definition) is 3. The van der Waals surface area contributed by atoms with Gasteiger partial charge in [-0.25, -0.2) is 4.99 Å². The molecule has 0 spiro atoms. The highest BCUT2D eigenvalue weighted by molar-refractivity contribution is 14.0. The zero-order valence-corrected chi connectivity index (χ0v) is 16.6. The molecule has 6 nitrogen and oxygen atoms in total. The number of carbonyl (C=O) groups excluding carboxylic acids is 1. The Morgan fingerprint density at radius 2 is 1.76 bits per heavy atom. The first-order valence-corrected chi connectivity index (χ1v) is 7.60. The molecule has 7 heteroatoms. The molecule has 134 valence electrons. The van der Waals surface area contributed by atoms with Gasteiger partial charge >= 0.3 is 0 Å². The maximum atomic E-state index is 11.8. The summed E-state index contributed by atoms with van der Waals surface area (Å²) in [4.78, 5) is 15.8. The van der Waals surface area contributed by atoms with Gasteiger partial charge in [-0.05, 0) is 36.8 Å². The zero-order valence-electron chi connectivity index (χ0n) is 14.3. The van der Waals surface area contributed by atoms with E-state index >= 15 is 0 Å². The molecule has 0 saturated heterocycles. The van der Waals surface area contributed by atoms with Crippen molar-refractivity contribution in [1.82, 2.24) is 5.32 Å². The lowest BCUT2D eigenvalue weighted by Crippen LogP contribution is -2.28. The molecule has 0 saturated carbocycles. The number of nitrogens with one attached hydrogen (secondary N) is 2. The van der Waals surface area contributed by atoms with Gasteiger partial charge in [-0.1, -0.05) is 29.8 Å². The van der Waals surface area contributed by atoms with E-state index in [2.05, 4.69) is 15.6 Å². The van der Waals surface area contributed by atoms with Gasteiger partial charge < -0.3 is 21.1 Å². The van der Waals surface area contributed by atoms with Gasteiger partial charge in [0.1, 0.15) is 12.3 Å². The normalized spacial score (nSPS) is 10.6. The first kappa shape index (κ1) is 20.8. The first-order chi connectivity index (χ1) is 11.6. The highest BCUT2D eigenvalue weighted by Gasteiger charge is 2.02. The number of carbonyl (C=O) groups is 1. The third-order valence-corrected chi connectivity index (χ3v) is 3.37. The highest BCUT2D eigenvalue weighted by Crippen LogP contribution is 2.11. The van der Waals surface area contributed by atoms with E-state index in [0.29, 0.717) is 6.54 Å². The zero-order chi connectivity index (χ0) is 17.4. The van der Waals surface area contributed by atoms with Crippen molar-refractivity contribution in [3.05, 3.63) is 59.7 Å². The van der Waals surface area contributed by atoms with Crippen LogP contribution in [0.25, 0.3) is 0 Å². The Bertz CT molecular complexity index is 700. The Hall–Kier alpha value is -2.29. The standard InChI is InChI=1S/C18H22N4O2.HI/c1-13-3-7-15(8-4-13)22-18(19)21-12-17(23)20-11-14-5-9-16(24-2)10-6-14;/h3-10H,11-12H2,1-2H3,(H,20,23)(H3,19,21,22);1H. The first-order valence-electron chi connectivity index (χ1n) is 7.60. The summed E-state index contributed by atoms with van der Waals surface area (Å²) in [6, 6.07) is 15.2. The summed E-state index contributed by atoms with van der Waals surface area (Å²) in [6.45, 7) is 2.42. The van der Waals surface area contributed by atoms with Gasteiger partial charge in [0.2, 0.25) is 5.91 Å². The molecule has 1 amide bonds. The van der Waals surface area contributed by atoms with Crippen LogP contribution in [0.15, 0.2) is 53.5 Å². The minimum Gasteiger partial charge on any atom is -0.497 e. The summed E-state index contributed by atoms with van der Waals surface area (Å²) in [5.74, 6) is 0.794. The number of anilines is 1. The molecule has 0 aliphatic carbocycles. The van der Waals surface area contributed by atoms with E-state index in [9.17, 15) is 4.79 Å². The number of nitrogens with two attached hydrogens (primary N) is 1. The van der Waals surface area contributed by atoms with Crippen LogP contribution in [-0.4, -0.2) is 25.5 Å². The van der Waals surface area contributed by atoms with Crippen LogP contribution in [0.1, 0.15) is 11.1 Å². The van der Waals surface area contributed by atoms with E-state index in [1.807, 2.05) is 55.5 Å².